The first-order valence-electron chi connectivity index (χ1n) is 6.98. The van der Waals surface area contributed by atoms with Crippen molar-refractivity contribution in [1.82, 2.24) is 9.97 Å². The number of carbonyl (C=O) groups is 1. The van der Waals surface area contributed by atoms with Crippen LogP contribution in [0.15, 0.2) is 47.6 Å². The molecular weight excluding hydrogens is 296 g/mol. The number of aromatic amines is 1. The summed E-state index contributed by atoms with van der Waals surface area (Å²) in [5.41, 5.74) is 9.29. The van der Waals surface area contributed by atoms with E-state index >= 15 is 0 Å². The maximum Gasteiger partial charge on any atom is 0.255 e. The van der Waals surface area contributed by atoms with Crippen LogP contribution in [0.4, 0.5) is 5.69 Å². The van der Waals surface area contributed by atoms with Gasteiger partial charge in [-0.1, -0.05) is 6.07 Å². The van der Waals surface area contributed by atoms with Crippen LogP contribution in [-0.2, 0) is 0 Å². The number of pyridine rings is 1. The number of benzene rings is 1. The van der Waals surface area contributed by atoms with Gasteiger partial charge in [0.2, 0.25) is 0 Å². The molecule has 110 valence electrons. The van der Waals surface area contributed by atoms with Gasteiger partial charge in [0.1, 0.15) is 5.65 Å². The summed E-state index contributed by atoms with van der Waals surface area (Å²) in [7, 11) is 0. The van der Waals surface area contributed by atoms with Gasteiger partial charge < -0.3 is 16.0 Å². The molecule has 1 aliphatic heterocycles. The molecule has 5 nitrogen and oxygen atoms in total. The van der Waals surface area contributed by atoms with Crippen LogP contribution < -0.4 is 11.1 Å². The number of nitrogens with two attached hydrogens (primary N) is 1. The zero-order valence-corrected chi connectivity index (χ0v) is 12.5. The summed E-state index contributed by atoms with van der Waals surface area (Å²) in [5, 5.41) is 3.85. The highest BCUT2D eigenvalue weighted by atomic mass is 32.2. The van der Waals surface area contributed by atoms with Gasteiger partial charge in [-0.2, -0.15) is 0 Å². The van der Waals surface area contributed by atoms with Crippen molar-refractivity contribution in [3.63, 3.8) is 0 Å². The van der Waals surface area contributed by atoms with Gasteiger partial charge in [0.15, 0.2) is 0 Å². The van der Waals surface area contributed by atoms with Crippen LogP contribution in [0.1, 0.15) is 22.0 Å². The SMILES string of the molecule is N[C@H]1CSc2cc(C(=O)Nc3ccnc4[nH]ccc34)ccc21. The summed E-state index contributed by atoms with van der Waals surface area (Å²) in [6, 6.07) is 9.46. The number of amides is 1. The molecule has 4 N–H and O–H groups in total. The molecule has 0 spiro atoms. The first kappa shape index (κ1) is 13.4. The Bertz CT molecular complexity index is 873. The molecule has 0 saturated heterocycles. The second kappa shape index (κ2) is 5.15. The molecule has 4 rings (SSSR count). The third kappa shape index (κ3) is 2.17. The third-order valence-corrected chi connectivity index (χ3v) is 4.99. The molecule has 1 aliphatic rings. The summed E-state index contributed by atoms with van der Waals surface area (Å²) in [6.07, 6.45) is 3.48. The second-order valence-corrected chi connectivity index (χ2v) is 6.28. The van der Waals surface area contributed by atoms with Gasteiger partial charge in [0.25, 0.3) is 5.91 Å². The molecule has 3 heterocycles. The lowest BCUT2D eigenvalue weighted by molar-refractivity contribution is 0.102. The van der Waals surface area contributed by atoms with Crippen molar-refractivity contribution < 1.29 is 4.79 Å². The fraction of sp³-hybridized carbons (Fsp3) is 0.125. The lowest BCUT2D eigenvalue weighted by Crippen LogP contribution is -2.13. The smallest absolute Gasteiger partial charge is 0.255 e. The minimum atomic E-state index is -0.127. The monoisotopic (exact) mass is 310 g/mol. The van der Waals surface area contributed by atoms with Crippen molar-refractivity contribution >= 4 is 34.4 Å². The Balaban J connectivity index is 1.64. The summed E-state index contributed by atoms with van der Waals surface area (Å²) < 4.78 is 0. The van der Waals surface area contributed by atoms with Crippen LogP contribution in [0.3, 0.4) is 0 Å². The number of H-pyrrole nitrogens is 1. The van der Waals surface area contributed by atoms with E-state index in [4.69, 9.17) is 5.73 Å². The van der Waals surface area contributed by atoms with Crippen LogP contribution in [0, 0.1) is 0 Å². The van der Waals surface area contributed by atoms with Crippen molar-refractivity contribution in [2.45, 2.75) is 10.9 Å². The van der Waals surface area contributed by atoms with Crippen molar-refractivity contribution in [3.8, 4) is 0 Å². The Hall–Kier alpha value is -2.31. The highest BCUT2D eigenvalue weighted by Crippen LogP contribution is 2.37. The molecule has 0 unspecified atom stereocenters. The molecule has 1 atom stereocenters. The number of fused-ring (bicyclic) bond motifs is 2. The number of nitrogens with zero attached hydrogens (tertiary/aromatic N) is 1. The average molecular weight is 310 g/mol. The molecule has 2 aromatic heterocycles. The van der Waals surface area contributed by atoms with Gasteiger partial charge in [-0.15, -0.1) is 11.8 Å². The predicted molar refractivity (Wildman–Crippen MR) is 88.1 cm³/mol. The number of thioether (sulfide) groups is 1. The van der Waals surface area contributed by atoms with Gasteiger partial charge in [-0.3, -0.25) is 4.79 Å². The first-order chi connectivity index (χ1) is 10.7. The standard InChI is InChI=1S/C16H14N4OS/c17-12-8-22-14-7-9(1-2-10(12)14)16(21)20-13-4-6-19-15-11(13)3-5-18-15/h1-7,12H,8,17H2,(H2,18,19,20,21)/t12-/m0/s1. The minimum Gasteiger partial charge on any atom is -0.346 e. The number of anilines is 1. The van der Waals surface area contributed by atoms with Crippen LogP contribution in [0.5, 0.6) is 0 Å². The summed E-state index contributed by atoms with van der Waals surface area (Å²) in [5.74, 6) is 0.743. The quantitative estimate of drug-likeness (QED) is 0.679. The van der Waals surface area contributed by atoms with Crippen molar-refractivity contribution in [1.29, 1.82) is 0 Å². The number of nitrogens with one attached hydrogen (secondary N) is 2. The van der Waals surface area contributed by atoms with E-state index in [1.807, 2.05) is 24.3 Å². The highest BCUT2D eigenvalue weighted by Gasteiger charge is 2.21. The zero-order valence-electron chi connectivity index (χ0n) is 11.7. The van der Waals surface area contributed by atoms with E-state index in [2.05, 4.69) is 15.3 Å². The van der Waals surface area contributed by atoms with Gasteiger partial charge in [-0.25, -0.2) is 4.98 Å². The predicted octanol–water partition coefficient (Wildman–Crippen LogP) is 2.92. The topological polar surface area (TPSA) is 83.8 Å². The average Bonchev–Trinajstić information content (AvgIpc) is 3.14. The molecule has 0 radical (unpaired) electrons. The van der Waals surface area contributed by atoms with E-state index in [9.17, 15) is 4.79 Å². The number of carbonyl (C=O) groups excluding carboxylic acids is 1. The fourth-order valence-electron chi connectivity index (χ4n) is 2.64. The minimum absolute atomic E-state index is 0.0665. The summed E-state index contributed by atoms with van der Waals surface area (Å²) in [4.78, 5) is 20.8. The molecule has 1 amide bonds. The lowest BCUT2D eigenvalue weighted by atomic mass is 10.1. The zero-order chi connectivity index (χ0) is 15.1. The van der Waals surface area contributed by atoms with Gasteiger partial charge in [0, 0.05) is 40.0 Å². The third-order valence-electron chi connectivity index (χ3n) is 3.80. The number of aromatic nitrogens is 2. The maximum atomic E-state index is 12.5. The molecule has 0 bridgehead atoms. The lowest BCUT2D eigenvalue weighted by Gasteiger charge is -2.08. The molecule has 6 heteroatoms. The number of hydrogen-bond acceptors (Lipinski definition) is 4. The molecule has 3 aromatic rings. The van der Waals surface area contributed by atoms with E-state index < -0.39 is 0 Å². The summed E-state index contributed by atoms with van der Waals surface area (Å²) in [6.45, 7) is 0. The Morgan fingerprint density at radius 3 is 3.18 bits per heavy atom. The van der Waals surface area contributed by atoms with Gasteiger partial charge >= 0.3 is 0 Å². The fourth-order valence-corrected chi connectivity index (χ4v) is 3.78. The molecule has 0 fully saturated rings. The Kier molecular flexibility index (Phi) is 3.13. The van der Waals surface area contributed by atoms with Crippen LogP contribution in [-0.4, -0.2) is 21.6 Å². The van der Waals surface area contributed by atoms with Gasteiger partial charge in [0.05, 0.1) is 5.69 Å². The van der Waals surface area contributed by atoms with E-state index in [0.29, 0.717) is 5.56 Å². The van der Waals surface area contributed by atoms with Crippen molar-refractivity contribution in [2.75, 3.05) is 11.1 Å². The van der Waals surface area contributed by atoms with E-state index in [1.54, 1.807) is 30.2 Å². The summed E-state index contributed by atoms with van der Waals surface area (Å²) >= 11 is 1.70. The second-order valence-electron chi connectivity index (χ2n) is 5.22. The molecule has 22 heavy (non-hydrogen) atoms. The molecule has 0 aliphatic carbocycles. The van der Waals surface area contributed by atoms with Crippen LogP contribution >= 0.6 is 11.8 Å². The molecular formula is C16H14N4OS. The van der Waals surface area contributed by atoms with E-state index in [-0.39, 0.29) is 11.9 Å². The number of rotatable bonds is 2. The molecule has 0 saturated carbocycles. The van der Waals surface area contributed by atoms with Crippen LogP contribution in [0.2, 0.25) is 0 Å². The Morgan fingerprint density at radius 2 is 2.27 bits per heavy atom. The van der Waals surface area contributed by atoms with E-state index in [0.717, 1.165) is 32.9 Å². The normalized spacial score (nSPS) is 16.7. The maximum absolute atomic E-state index is 12.5. The van der Waals surface area contributed by atoms with Crippen molar-refractivity contribution in [2.24, 2.45) is 5.73 Å². The Morgan fingerprint density at radius 1 is 1.36 bits per heavy atom. The Labute approximate surface area is 131 Å². The largest absolute Gasteiger partial charge is 0.346 e. The first-order valence-corrected chi connectivity index (χ1v) is 7.97. The molecule has 1 aromatic carbocycles. The van der Waals surface area contributed by atoms with E-state index in [1.165, 1.54) is 0 Å². The van der Waals surface area contributed by atoms with Crippen molar-refractivity contribution in [3.05, 3.63) is 53.9 Å². The van der Waals surface area contributed by atoms with Crippen LogP contribution in [0.25, 0.3) is 11.0 Å². The van der Waals surface area contributed by atoms with Gasteiger partial charge in [-0.05, 0) is 29.8 Å². The highest BCUT2D eigenvalue weighted by molar-refractivity contribution is 7.99. The number of hydrogen-bond donors (Lipinski definition) is 3.